The summed E-state index contributed by atoms with van der Waals surface area (Å²) in [5, 5.41) is 26.6. The molecule has 0 aliphatic rings. The zero-order chi connectivity index (χ0) is 29.9. The van der Waals surface area contributed by atoms with Crippen LogP contribution in [0.3, 0.4) is 0 Å². The number of methoxy groups -OCH3 is 1. The van der Waals surface area contributed by atoms with E-state index in [4.69, 9.17) is 4.74 Å². The molecule has 1 unspecified atom stereocenters. The lowest BCUT2D eigenvalue weighted by molar-refractivity contribution is -0.140. The van der Waals surface area contributed by atoms with E-state index in [1.165, 1.54) is 23.7 Å². The predicted molar refractivity (Wildman–Crippen MR) is 153 cm³/mol. The van der Waals surface area contributed by atoms with Gasteiger partial charge in [0, 0.05) is 16.9 Å². The Morgan fingerprint density at radius 2 is 1.80 bits per heavy atom. The van der Waals surface area contributed by atoms with Crippen LogP contribution in [0.25, 0.3) is 11.4 Å². The Balaban J connectivity index is 1.66. The fourth-order valence-corrected chi connectivity index (χ4v) is 4.95. The molecule has 1 aromatic heterocycles. The molecule has 0 bridgehead atoms. The van der Waals surface area contributed by atoms with Crippen molar-refractivity contribution in [3.63, 3.8) is 0 Å². The zero-order valence-electron chi connectivity index (χ0n) is 23.4. The number of hydrogen-bond acceptors (Lipinski definition) is 9. The van der Waals surface area contributed by atoms with Crippen molar-refractivity contribution in [2.75, 3.05) is 12.9 Å². The van der Waals surface area contributed by atoms with Gasteiger partial charge < -0.3 is 20.5 Å². The number of hydrogen-bond donors (Lipinski definition) is 3. The van der Waals surface area contributed by atoms with Gasteiger partial charge in [-0.2, -0.15) is 4.80 Å². The summed E-state index contributed by atoms with van der Waals surface area (Å²) >= 11 is 1.34. The SMILES string of the molecule is COc1ccc(-c2nnn(C)n2)cc1CC(=O)N[C@H](C(=O)NC(CC(=O)O)C(=O)CSCc1ccccc1)C(C)C. The highest BCUT2D eigenvalue weighted by Gasteiger charge is 2.30. The molecule has 13 heteroatoms. The van der Waals surface area contributed by atoms with E-state index in [1.54, 1.807) is 39.1 Å². The van der Waals surface area contributed by atoms with E-state index in [-0.39, 0.29) is 18.1 Å². The average molecular weight is 583 g/mol. The molecule has 2 aromatic carbocycles. The molecule has 3 rings (SSSR count). The maximum atomic E-state index is 13.2. The molecule has 0 radical (unpaired) electrons. The summed E-state index contributed by atoms with van der Waals surface area (Å²) in [4.78, 5) is 51.9. The van der Waals surface area contributed by atoms with Crippen LogP contribution in [0.15, 0.2) is 48.5 Å². The molecule has 2 atom stereocenters. The van der Waals surface area contributed by atoms with Crippen LogP contribution in [0.5, 0.6) is 5.75 Å². The van der Waals surface area contributed by atoms with Crippen LogP contribution in [0, 0.1) is 5.92 Å². The van der Waals surface area contributed by atoms with E-state index in [1.807, 2.05) is 30.3 Å². The highest BCUT2D eigenvalue weighted by molar-refractivity contribution is 7.99. The first-order valence-electron chi connectivity index (χ1n) is 12.9. The summed E-state index contributed by atoms with van der Waals surface area (Å²) in [7, 11) is 3.13. The number of tetrazole rings is 1. The molecular formula is C28H34N6O6S. The van der Waals surface area contributed by atoms with Crippen LogP contribution in [-0.4, -0.2) is 73.8 Å². The predicted octanol–water partition coefficient (Wildman–Crippen LogP) is 2.03. The van der Waals surface area contributed by atoms with Crippen molar-refractivity contribution in [3.8, 4) is 17.1 Å². The number of carboxylic acids is 1. The third-order valence-electron chi connectivity index (χ3n) is 6.10. The van der Waals surface area contributed by atoms with Crippen molar-refractivity contribution in [2.24, 2.45) is 13.0 Å². The van der Waals surface area contributed by atoms with E-state index in [9.17, 15) is 24.3 Å². The van der Waals surface area contributed by atoms with Crippen LogP contribution < -0.4 is 15.4 Å². The normalized spacial score (nSPS) is 12.4. The van der Waals surface area contributed by atoms with Gasteiger partial charge in [0.05, 0.1) is 38.8 Å². The average Bonchev–Trinajstić information content (AvgIpc) is 3.37. The van der Waals surface area contributed by atoms with E-state index in [2.05, 4.69) is 26.0 Å². The lowest BCUT2D eigenvalue weighted by Gasteiger charge is -2.25. The molecule has 0 fully saturated rings. The van der Waals surface area contributed by atoms with E-state index < -0.39 is 42.1 Å². The number of aliphatic carboxylic acids is 1. The molecule has 2 amide bonds. The number of aromatic nitrogens is 4. The second-order valence-electron chi connectivity index (χ2n) is 9.70. The maximum Gasteiger partial charge on any atom is 0.305 e. The molecule has 0 saturated heterocycles. The highest BCUT2D eigenvalue weighted by Crippen LogP contribution is 2.25. The number of carbonyl (C=O) groups is 4. The standard InChI is InChI=1S/C28H34N6O6S/c1-17(2)26(28(39)29-21(14-25(37)38)22(35)16-41-15-18-8-6-5-7-9-18)30-24(36)13-20-12-19(10-11-23(20)40-4)27-31-33-34(3)32-27/h5-12,17,21,26H,13-16H2,1-4H3,(H,29,39)(H,30,36)(H,37,38)/t21?,26-/m0/s1. The molecule has 12 nitrogen and oxygen atoms in total. The van der Waals surface area contributed by atoms with Crippen LogP contribution in [-0.2, 0) is 38.4 Å². The summed E-state index contributed by atoms with van der Waals surface area (Å²) in [6.07, 6.45) is -0.670. The van der Waals surface area contributed by atoms with Crippen molar-refractivity contribution in [1.82, 2.24) is 30.8 Å². The van der Waals surface area contributed by atoms with E-state index in [0.29, 0.717) is 28.5 Å². The van der Waals surface area contributed by atoms with Crippen LogP contribution in [0.4, 0.5) is 0 Å². The molecule has 41 heavy (non-hydrogen) atoms. The Hall–Kier alpha value is -4.26. The Kier molecular flexibility index (Phi) is 11.4. The van der Waals surface area contributed by atoms with Crippen LogP contribution >= 0.6 is 11.8 Å². The molecule has 0 spiro atoms. The minimum absolute atomic E-state index is 0.0304. The number of carboxylic acid groups (broad SMARTS) is 1. The van der Waals surface area contributed by atoms with Gasteiger partial charge in [-0.15, -0.1) is 22.0 Å². The number of amides is 2. The molecule has 3 N–H and O–H groups in total. The van der Waals surface area contributed by atoms with E-state index >= 15 is 0 Å². The largest absolute Gasteiger partial charge is 0.496 e. The molecular weight excluding hydrogens is 548 g/mol. The first-order chi connectivity index (χ1) is 19.6. The number of nitrogens with one attached hydrogen (secondary N) is 2. The maximum absolute atomic E-state index is 13.2. The molecule has 3 aromatic rings. The number of benzene rings is 2. The van der Waals surface area contributed by atoms with Crippen molar-refractivity contribution >= 4 is 35.3 Å². The van der Waals surface area contributed by atoms with Gasteiger partial charge in [-0.3, -0.25) is 19.2 Å². The van der Waals surface area contributed by atoms with Gasteiger partial charge >= 0.3 is 5.97 Å². The third-order valence-corrected chi connectivity index (χ3v) is 7.13. The Morgan fingerprint density at radius 1 is 1.07 bits per heavy atom. The Labute approximate surface area is 242 Å². The zero-order valence-corrected chi connectivity index (χ0v) is 24.2. The van der Waals surface area contributed by atoms with Gasteiger partial charge in [-0.05, 0) is 34.9 Å². The summed E-state index contributed by atoms with van der Waals surface area (Å²) in [6, 6.07) is 12.5. The number of thioether (sulfide) groups is 1. The minimum Gasteiger partial charge on any atom is -0.496 e. The molecule has 1 heterocycles. The number of carbonyl (C=O) groups excluding carboxylic acids is 3. The first kappa shape index (κ1) is 31.3. The molecule has 0 saturated carbocycles. The van der Waals surface area contributed by atoms with Gasteiger partial charge in [0.1, 0.15) is 11.8 Å². The van der Waals surface area contributed by atoms with Crippen LogP contribution in [0.2, 0.25) is 0 Å². The quantitative estimate of drug-likeness (QED) is 0.241. The number of ether oxygens (including phenoxy) is 1. The van der Waals surface area contributed by atoms with Gasteiger partial charge in [-0.25, -0.2) is 0 Å². The van der Waals surface area contributed by atoms with Crippen molar-refractivity contribution in [3.05, 3.63) is 59.7 Å². The van der Waals surface area contributed by atoms with Gasteiger partial charge in [0.15, 0.2) is 5.78 Å². The Bertz CT molecular complexity index is 1360. The lowest BCUT2D eigenvalue weighted by Crippen LogP contribution is -2.54. The summed E-state index contributed by atoms with van der Waals surface area (Å²) in [5.74, 6) is -1.60. The van der Waals surface area contributed by atoms with Gasteiger partial charge in [-0.1, -0.05) is 44.2 Å². The minimum atomic E-state index is -1.22. The lowest BCUT2D eigenvalue weighted by atomic mass is 10.0. The number of aryl methyl sites for hydroxylation is 1. The first-order valence-corrected chi connectivity index (χ1v) is 14.1. The highest BCUT2D eigenvalue weighted by atomic mass is 32.2. The van der Waals surface area contributed by atoms with Crippen molar-refractivity contribution in [1.29, 1.82) is 0 Å². The molecule has 0 aliphatic heterocycles. The topological polar surface area (TPSA) is 165 Å². The number of ketones is 1. The van der Waals surface area contributed by atoms with E-state index in [0.717, 1.165) is 5.56 Å². The van der Waals surface area contributed by atoms with Crippen LogP contribution in [0.1, 0.15) is 31.4 Å². The van der Waals surface area contributed by atoms with Gasteiger partial charge in [0.2, 0.25) is 17.6 Å². The fraction of sp³-hybridized carbons (Fsp3) is 0.393. The number of Topliss-reactive ketones (excluding diaryl/α,β-unsaturated/α-hetero) is 1. The number of nitrogens with zero attached hydrogens (tertiary/aromatic N) is 4. The van der Waals surface area contributed by atoms with Crippen molar-refractivity contribution < 1.29 is 29.0 Å². The third kappa shape index (κ3) is 9.41. The smallest absolute Gasteiger partial charge is 0.305 e. The summed E-state index contributed by atoms with van der Waals surface area (Å²) in [5.41, 5.74) is 2.22. The monoisotopic (exact) mass is 582 g/mol. The fourth-order valence-electron chi connectivity index (χ4n) is 4.01. The van der Waals surface area contributed by atoms with Crippen molar-refractivity contribution in [2.45, 2.75) is 44.5 Å². The molecule has 0 aliphatic carbocycles. The number of rotatable bonds is 15. The second kappa shape index (κ2) is 14.9. The Morgan fingerprint density at radius 3 is 2.41 bits per heavy atom. The summed E-state index contributed by atoms with van der Waals surface area (Å²) < 4.78 is 5.40. The van der Waals surface area contributed by atoms with Gasteiger partial charge in [0.25, 0.3) is 0 Å². The molecule has 218 valence electrons. The second-order valence-corrected chi connectivity index (χ2v) is 10.7. The summed E-state index contributed by atoms with van der Waals surface area (Å²) in [6.45, 7) is 3.49.